The number of carbonyl (C=O) groups excluding carboxylic acids is 1. The average molecular weight is 274 g/mol. The van der Waals surface area contributed by atoms with Crippen LogP contribution in [0, 0.1) is 13.8 Å². The molecule has 0 saturated carbocycles. The summed E-state index contributed by atoms with van der Waals surface area (Å²) in [5.41, 5.74) is 2.84. The van der Waals surface area contributed by atoms with E-state index in [9.17, 15) is 4.79 Å². The Morgan fingerprint density at radius 1 is 1.21 bits per heavy atom. The summed E-state index contributed by atoms with van der Waals surface area (Å²) in [6, 6.07) is 9.97. The topological polar surface area (TPSA) is 41.1 Å². The second kappa shape index (κ2) is 5.89. The van der Waals surface area contributed by atoms with Crippen molar-refractivity contribution in [2.75, 3.05) is 12.4 Å². The molecule has 0 fully saturated rings. The van der Waals surface area contributed by atoms with Crippen LogP contribution < -0.4 is 10.6 Å². The Balaban J connectivity index is 2.07. The van der Waals surface area contributed by atoms with Crippen LogP contribution in [0.1, 0.15) is 25.7 Å². The molecule has 1 amide bonds. The molecule has 100 valence electrons. The van der Waals surface area contributed by atoms with Gasteiger partial charge in [0.15, 0.2) is 0 Å². The summed E-state index contributed by atoms with van der Waals surface area (Å²) in [5, 5.41) is 6.04. The van der Waals surface area contributed by atoms with Gasteiger partial charge in [0.25, 0.3) is 5.91 Å². The lowest BCUT2D eigenvalue weighted by Crippen LogP contribution is -2.17. The second-order valence-electron chi connectivity index (χ2n) is 4.47. The molecular formula is C15H18N2OS. The molecule has 3 nitrogen and oxygen atoms in total. The standard InChI is InChI=1S/C15H18N2OS/c1-10-8-12(15(18)16-3)5-7-14(10)17-9-13-6-4-11(2)19-13/h4-8,17H,9H2,1-3H3,(H,16,18). The zero-order chi connectivity index (χ0) is 13.8. The summed E-state index contributed by atoms with van der Waals surface area (Å²) in [6.07, 6.45) is 0. The Hall–Kier alpha value is -1.81. The molecule has 0 unspecified atom stereocenters. The van der Waals surface area contributed by atoms with Gasteiger partial charge in [0.05, 0.1) is 0 Å². The maximum absolute atomic E-state index is 11.5. The lowest BCUT2D eigenvalue weighted by atomic mass is 10.1. The largest absolute Gasteiger partial charge is 0.380 e. The van der Waals surface area contributed by atoms with Crippen LogP contribution in [0.5, 0.6) is 0 Å². The highest BCUT2D eigenvalue weighted by Gasteiger charge is 2.06. The van der Waals surface area contributed by atoms with Crippen molar-refractivity contribution in [1.29, 1.82) is 0 Å². The maximum Gasteiger partial charge on any atom is 0.251 e. The molecule has 1 aromatic carbocycles. The van der Waals surface area contributed by atoms with Crippen molar-refractivity contribution in [2.45, 2.75) is 20.4 Å². The molecule has 0 atom stereocenters. The fraction of sp³-hybridized carbons (Fsp3) is 0.267. The summed E-state index contributed by atoms with van der Waals surface area (Å²) in [5.74, 6) is -0.0523. The molecule has 1 heterocycles. The van der Waals surface area contributed by atoms with Crippen LogP contribution in [-0.2, 0) is 6.54 Å². The fourth-order valence-electron chi connectivity index (χ4n) is 1.91. The third-order valence-electron chi connectivity index (χ3n) is 2.96. The predicted molar refractivity (Wildman–Crippen MR) is 81.0 cm³/mol. The molecular weight excluding hydrogens is 256 g/mol. The Labute approximate surface area is 117 Å². The van der Waals surface area contributed by atoms with E-state index in [1.807, 2.05) is 25.1 Å². The minimum Gasteiger partial charge on any atom is -0.380 e. The Morgan fingerprint density at radius 2 is 2.00 bits per heavy atom. The van der Waals surface area contributed by atoms with Gasteiger partial charge in [0, 0.05) is 34.6 Å². The van der Waals surface area contributed by atoms with E-state index in [1.165, 1.54) is 9.75 Å². The predicted octanol–water partition coefficient (Wildman–Crippen LogP) is 3.34. The number of hydrogen-bond acceptors (Lipinski definition) is 3. The normalized spacial score (nSPS) is 10.3. The van der Waals surface area contributed by atoms with E-state index in [4.69, 9.17) is 0 Å². The summed E-state index contributed by atoms with van der Waals surface area (Å²) in [7, 11) is 1.64. The molecule has 0 aliphatic rings. The zero-order valence-electron chi connectivity index (χ0n) is 11.4. The monoisotopic (exact) mass is 274 g/mol. The van der Waals surface area contributed by atoms with Gasteiger partial charge < -0.3 is 10.6 Å². The van der Waals surface area contributed by atoms with Crippen molar-refractivity contribution >= 4 is 22.9 Å². The van der Waals surface area contributed by atoms with Crippen molar-refractivity contribution in [3.05, 3.63) is 51.2 Å². The first kappa shape index (κ1) is 13.6. The van der Waals surface area contributed by atoms with Gasteiger partial charge in [0.1, 0.15) is 0 Å². The van der Waals surface area contributed by atoms with Crippen molar-refractivity contribution in [3.63, 3.8) is 0 Å². The molecule has 0 spiro atoms. The zero-order valence-corrected chi connectivity index (χ0v) is 12.2. The number of anilines is 1. The minimum atomic E-state index is -0.0523. The molecule has 0 bridgehead atoms. The number of nitrogens with one attached hydrogen (secondary N) is 2. The van der Waals surface area contributed by atoms with Crippen LogP contribution >= 0.6 is 11.3 Å². The lowest BCUT2D eigenvalue weighted by molar-refractivity contribution is 0.0963. The van der Waals surface area contributed by atoms with Crippen LogP contribution in [-0.4, -0.2) is 13.0 Å². The number of amides is 1. The second-order valence-corrected chi connectivity index (χ2v) is 5.85. The van der Waals surface area contributed by atoms with Crippen LogP contribution in [0.3, 0.4) is 0 Å². The average Bonchev–Trinajstić information content (AvgIpc) is 2.82. The van der Waals surface area contributed by atoms with E-state index in [2.05, 4.69) is 29.7 Å². The number of thiophene rings is 1. The molecule has 2 rings (SSSR count). The maximum atomic E-state index is 11.5. The molecule has 2 N–H and O–H groups in total. The molecule has 19 heavy (non-hydrogen) atoms. The number of carbonyl (C=O) groups is 1. The van der Waals surface area contributed by atoms with Crippen LogP contribution in [0.25, 0.3) is 0 Å². The highest BCUT2D eigenvalue weighted by molar-refractivity contribution is 7.11. The van der Waals surface area contributed by atoms with E-state index in [1.54, 1.807) is 18.4 Å². The fourth-order valence-corrected chi connectivity index (χ4v) is 2.74. The Kier molecular flexibility index (Phi) is 4.22. The third-order valence-corrected chi connectivity index (χ3v) is 3.97. The Morgan fingerprint density at radius 3 is 2.58 bits per heavy atom. The number of hydrogen-bond donors (Lipinski definition) is 2. The van der Waals surface area contributed by atoms with E-state index in [0.717, 1.165) is 17.8 Å². The molecule has 4 heteroatoms. The number of benzene rings is 1. The van der Waals surface area contributed by atoms with Crippen molar-refractivity contribution in [3.8, 4) is 0 Å². The molecule has 1 aromatic heterocycles. The van der Waals surface area contributed by atoms with Gasteiger partial charge in [-0.3, -0.25) is 4.79 Å². The van der Waals surface area contributed by atoms with Crippen molar-refractivity contribution in [2.24, 2.45) is 0 Å². The van der Waals surface area contributed by atoms with Gasteiger partial charge in [0.2, 0.25) is 0 Å². The van der Waals surface area contributed by atoms with Gasteiger partial charge in [-0.1, -0.05) is 0 Å². The van der Waals surface area contributed by atoms with Gasteiger partial charge in [-0.15, -0.1) is 11.3 Å². The van der Waals surface area contributed by atoms with E-state index in [-0.39, 0.29) is 5.91 Å². The Bertz CT molecular complexity index is 590. The van der Waals surface area contributed by atoms with Crippen LogP contribution in [0.4, 0.5) is 5.69 Å². The third kappa shape index (κ3) is 3.35. The summed E-state index contributed by atoms with van der Waals surface area (Å²) < 4.78 is 0. The molecule has 0 radical (unpaired) electrons. The first-order valence-electron chi connectivity index (χ1n) is 6.22. The smallest absolute Gasteiger partial charge is 0.251 e. The van der Waals surface area contributed by atoms with Gasteiger partial charge in [-0.2, -0.15) is 0 Å². The van der Waals surface area contributed by atoms with Gasteiger partial charge in [-0.05, 0) is 49.7 Å². The van der Waals surface area contributed by atoms with E-state index < -0.39 is 0 Å². The SMILES string of the molecule is CNC(=O)c1ccc(NCc2ccc(C)s2)c(C)c1. The van der Waals surface area contributed by atoms with Crippen LogP contribution in [0.15, 0.2) is 30.3 Å². The number of rotatable bonds is 4. The lowest BCUT2D eigenvalue weighted by Gasteiger charge is -2.10. The minimum absolute atomic E-state index is 0.0523. The summed E-state index contributed by atoms with van der Waals surface area (Å²) in [4.78, 5) is 14.2. The highest BCUT2D eigenvalue weighted by Crippen LogP contribution is 2.20. The molecule has 0 saturated heterocycles. The molecule has 2 aromatic rings. The van der Waals surface area contributed by atoms with Crippen molar-refractivity contribution in [1.82, 2.24) is 5.32 Å². The quantitative estimate of drug-likeness (QED) is 0.898. The summed E-state index contributed by atoms with van der Waals surface area (Å²) >= 11 is 1.80. The first-order valence-corrected chi connectivity index (χ1v) is 7.03. The van der Waals surface area contributed by atoms with E-state index in [0.29, 0.717) is 5.56 Å². The molecule has 0 aliphatic carbocycles. The molecule has 0 aliphatic heterocycles. The van der Waals surface area contributed by atoms with E-state index >= 15 is 0 Å². The first-order chi connectivity index (χ1) is 9.10. The van der Waals surface area contributed by atoms with Crippen molar-refractivity contribution < 1.29 is 4.79 Å². The summed E-state index contributed by atoms with van der Waals surface area (Å²) in [6.45, 7) is 4.94. The van der Waals surface area contributed by atoms with Crippen LogP contribution in [0.2, 0.25) is 0 Å². The number of aryl methyl sites for hydroxylation is 2. The van der Waals surface area contributed by atoms with Gasteiger partial charge >= 0.3 is 0 Å². The van der Waals surface area contributed by atoms with Gasteiger partial charge in [-0.25, -0.2) is 0 Å². The highest BCUT2D eigenvalue weighted by atomic mass is 32.1.